The number of aryl methyl sites for hydroxylation is 2. The smallest absolute Gasteiger partial charge is 0.0520 e. The van der Waals surface area contributed by atoms with Crippen molar-refractivity contribution in [3.8, 4) is 33.4 Å². The summed E-state index contributed by atoms with van der Waals surface area (Å²) in [4.78, 5) is 2.57. The molecule has 0 heterocycles. The number of rotatable bonds is 5. The first-order valence-electron chi connectivity index (χ1n) is 21.0. The van der Waals surface area contributed by atoms with Crippen molar-refractivity contribution in [3.63, 3.8) is 0 Å². The van der Waals surface area contributed by atoms with E-state index >= 15 is 0 Å². The highest BCUT2D eigenvalue weighted by molar-refractivity contribution is 5.90. The van der Waals surface area contributed by atoms with Crippen molar-refractivity contribution in [2.24, 2.45) is 17.8 Å². The lowest BCUT2D eigenvalue weighted by molar-refractivity contribution is -0.00522. The highest BCUT2D eigenvalue weighted by atomic mass is 15.1. The fourth-order valence-electron chi connectivity index (χ4n) is 13.0. The monoisotopic (exact) mass is 715 g/mol. The minimum absolute atomic E-state index is 0.0785. The molecule has 0 spiro atoms. The number of fused-ring (bicyclic) bond motifs is 6. The molecule has 0 unspecified atom stereocenters. The van der Waals surface area contributed by atoms with Gasteiger partial charge in [-0.1, -0.05) is 113 Å². The Balaban J connectivity index is 1.05. The predicted molar refractivity (Wildman–Crippen MR) is 231 cm³/mol. The molecule has 6 aromatic rings. The molecule has 55 heavy (non-hydrogen) atoms. The summed E-state index contributed by atoms with van der Waals surface area (Å²) in [6, 6.07) is 46.9. The molecule has 4 fully saturated rings. The third kappa shape index (κ3) is 4.84. The number of hydrogen-bond acceptors (Lipinski definition) is 1. The van der Waals surface area contributed by atoms with Gasteiger partial charge in [-0.15, -0.1) is 0 Å². The van der Waals surface area contributed by atoms with Gasteiger partial charge in [0.15, 0.2) is 0 Å². The Morgan fingerprint density at radius 2 is 0.927 bits per heavy atom. The number of nitrogens with zero attached hydrogens (tertiary/aromatic N) is 1. The van der Waals surface area contributed by atoms with Crippen molar-refractivity contribution < 1.29 is 0 Å². The maximum absolute atomic E-state index is 2.68. The fraction of sp³-hybridized carbons (Fsp3) is 0.333. The van der Waals surface area contributed by atoms with Crippen LogP contribution in [0.4, 0.5) is 17.1 Å². The van der Waals surface area contributed by atoms with Gasteiger partial charge in [-0.2, -0.15) is 0 Å². The van der Waals surface area contributed by atoms with Gasteiger partial charge in [-0.25, -0.2) is 0 Å². The van der Waals surface area contributed by atoms with Crippen molar-refractivity contribution in [2.75, 3.05) is 4.90 Å². The van der Waals surface area contributed by atoms with Crippen LogP contribution in [0.5, 0.6) is 0 Å². The summed E-state index contributed by atoms with van der Waals surface area (Å²) >= 11 is 0. The second kappa shape index (κ2) is 11.6. The van der Waals surface area contributed by atoms with E-state index in [1.165, 1.54) is 122 Å². The van der Waals surface area contributed by atoms with E-state index in [1.807, 2.05) is 0 Å². The number of benzene rings is 6. The van der Waals surface area contributed by atoms with Crippen LogP contribution in [0, 0.1) is 31.6 Å². The van der Waals surface area contributed by atoms with Crippen molar-refractivity contribution in [3.05, 3.63) is 160 Å². The molecule has 12 rings (SSSR count). The van der Waals surface area contributed by atoms with Gasteiger partial charge >= 0.3 is 0 Å². The van der Waals surface area contributed by atoms with E-state index in [-0.39, 0.29) is 10.8 Å². The molecule has 1 heteroatoms. The van der Waals surface area contributed by atoms with E-state index < -0.39 is 0 Å². The zero-order valence-electron chi connectivity index (χ0n) is 33.5. The molecule has 0 amide bonds. The summed E-state index contributed by atoms with van der Waals surface area (Å²) in [6.07, 6.45) is 8.70. The molecule has 0 aromatic heterocycles. The zero-order valence-corrected chi connectivity index (χ0v) is 33.5. The summed E-state index contributed by atoms with van der Waals surface area (Å²) in [6.45, 7) is 14.3. The fourth-order valence-corrected chi connectivity index (χ4v) is 13.0. The second-order valence-electron chi connectivity index (χ2n) is 19.4. The SMILES string of the molecule is Cc1cc(-c2ccccc2)cc(C)c1N(c1ccc2c(c1)C(C)(C)c1ccccc1-2)c1ccc2c(c1)C(C)(C)c1cc(C34CC5CC(CC(C5)C3)C4)ccc1-2. The molecule has 0 saturated heterocycles. The molecule has 6 aliphatic rings. The van der Waals surface area contributed by atoms with Crippen LogP contribution >= 0.6 is 0 Å². The molecule has 274 valence electrons. The summed E-state index contributed by atoms with van der Waals surface area (Å²) in [5, 5.41) is 0. The highest BCUT2D eigenvalue weighted by Gasteiger charge is 2.52. The number of hydrogen-bond donors (Lipinski definition) is 0. The first-order valence-corrected chi connectivity index (χ1v) is 21.0. The van der Waals surface area contributed by atoms with Crippen molar-refractivity contribution >= 4 is 17.1 Å². The molecule has 4 saturated carbocycles. The van der Waals surface area contributed by atoms with Gasteiger partial charge in [-0.05, 0) is 184 Å². The molecule has 1 nitrogen and oxygen atoms in total. The maximum atomic E-state index is 2.68. The van der Waals surface area contributed by atoms with Gasteiger partial charge in [0.1, 0.15) is 0 Å². The third-order valence-electron chi connectivity index (χ3n) is 15.2. The average molecular weight is 716 g/mol. The first kappa shape index (κ1) is 33.5. The van der Waals surface area contributed by atoms with Gasteiger partial charge < -0.3 is 4.90 Å². The Morgan fingerprint density at radius 1 is 0.455 bits per heavy atom. The topological polar surface area (TPSA) is 3.24 Å². The predicted octanol–water partition coefficient (Wildman–Crippen LogP) is 14.5. The van der Waals surface area contributed by atoms with Crippen LogP contribution in [-0.4, -0.2) is 0 Å². The Hall–Kier alpha value is -4.88. The Bertz CT molecular complexity index is 2490. The molecule has 0 aliphatic heterocycles. The Labute approximate surface area is 328 Å². The van der Waals surface area contributed by atoms with Crippen molar-refractivity contribution in [2.45, 2.75) is 96.3 Å². The minimum Gasteiger partial charge on any atom is -0.310 e. The van der Waals surface area contributed by atoms with E-state index in [2.05, 4.69) is 168 Å². The van der Waals surface area contributed by atoms with Crippen LogP contribution in [0.2, 0.25) is 0 Å². The van der Waals surface area contributed by atoms with Crippen LogP contribution in [0.1, 0.15) is 105 Å². The lowest BCUT2D eigenvalue weighted by Gasteiger charge is -2.57. The van der Waals surface area contributed by atoms with E-state index in [0.717, 1.165) is 17.8 Å². The van der Waals surface area contributed by atoms with Crippen LogP contribution in [0.25, 0.3) is 33.4 Å². The zero-order chi connectivity index (χ0) is 37.4. The standard InChI is InChI=1S/C54H53N/c1-33-22-39(38-12-8-7-9-13-38)23-34(2)51(33)55(41-17-20-45-43-14-10-11-15-47(43)52(3,4)49(45)28-41)42-18-21-46-44-19-16-40(27-48(44)53(5,6)50(46)29-42)54-30-35-24-36(31-54)26-37(25-35)32-54/h7-23,27-29,35-37H,24-26,30-32H2,1-6H3. The molecule has 6 aromatic carbocycles. The molecular formula is C54H53N. The molecule has 6 aliphatic carbocycles. The van der Waals surface area contributed by atoms with Crippen LogP contribution in [-0.2, 0) is 16.2 Å². The Morgan fingerprint density at radius 3 is 1.51 bits per heavy atom. The van der Waals surface area contributed by atoms with E-state index in [0.29, 0.717) is 5.41 Å². The van der Waals surface area contributed by atoms with Crippen LogP contribution in [0.15, 0.2) is 121 Å². The Kier molecular flexibility index (Phi) is 7.04. The van der Waals surface area contributed by atoms with E-state index in [1.54, 1.807) is 5.56 Å². The van der Waals surface area contributed by atoms with Gasteiger partial charge in [0.25, 0.3) is 0 Å². The molecule has 4 bridgehead atoms. The van der Waals surface area contributed by atoms with Crippen molar-refractivity contribution in [1.29, 1.82) is 0 Å². The highest BCUT2D eigenvalue weighted by Crippen LogP contribution is 2.62. The van der Waals surface area contributed by atoms with Crippen LogP contribution < -0.4 is 4.90 Å². The van der Waals surface area contributed by atoms with Crippen molar-refractivity contribution in [1.82, 2.24) is 0 Å². The maximum Gasteiger partial charge on any atom is 0.0520 e. The summed E-state index contributed by atoms with van der Waals surface area (Å²) in [5.74, 6) is 2.85. The van der Waals surface area contributed by atoms with Crippen LogP contribution in [0.3, 0.4) is 0 Å². The summed E-state index contributed by atoms with van der Waals surface area (Å²) < 4.78 is 0. The molecule has 0 atom stereocenters. The van der Waals surface area contributed by atoms with Gasteiger partial charge in [0.05, 0.1) is 5.69 Å². The second-order valence-corrected chi connectivity index (χ2v) is 19.4. The first-order chi connectivity index (χ1) is 26.5. The summed E-state index contributed by atoms with van der Waals surface area (Å²) in [5.41, 5.74) is 22.0. The third-order valence-corrected chi connectivity index (χ3v) is 15.2. The number of anilines is 3. The molecule has 0 radical (unpaired) electrons. The van der Waals surface area contributed by atoms with E-state index in [9.17, 15) is 0 Å². The normalized spacial score (nSPS) is 24.3. The average Bonchev–Trinajstić information content (AvgIpc) is 3.54. The lowest BCUT2D eigenvalue weighted by Crippen LogP contribution is -2.48. The lowest BCUT2D eigenvalue weighted by atomic mass is 9.48. The van der Waals surface area contributed by atoms with Gasteiger partial charge in [-0.3, -0.25) is 0 Å². The molecule has 0 N–H and O–H groups in total. The quantitative estimate of drug-likeness (QED) is 0.172. The molecular weight excluding hydrogens is 663 g/mol. The minimum atomic E-state index is -0.0898. The largest absolute Gasteiger partial charge is 0.310 e. The van der Waals surface area contributed by atoms with E-state index in [4.69, 9.17) is 0 Å². The van der Waals surface area contributed by atoms with Gasteiger partial charge in [0, 0.05) is 22.2 Å². The van der Waals surface area contributed by atoms with Gasteiger partial charge in [0.2, 0.25) is 0 Å². The summed E-state index contributed by atoms with van der Waals surface area (Å²) in [7, 11) is 0.